The highest BCUT2D eigenvalue weighted by molar-refractivity contribution is 6.41. The van der Waals surface area contributed by atoms with E-state index in [0.29, 0.717) is 5.69 Å². The molecule has 0 saturated heterocycles. The van der Waals surface area contributed by atoms with Crippen molar-refractivity contribution in [2.45, 2.75) is 33.1 Å². The zero-order chi connectivity index (χ0) is 15.9. The van der Waals surface area contributed by atoms with Gasteiger partial charge >= 0.3 is 0 Å². The Morgan fingerprint density at radius 2 is 1.36 bits per heavy atom. The number of anilines is 1. The zero-order valence-electron chi connectivity index (χ0n) is 13.1. The second-order valence-corrected chi connectivity index (χ2v) is 5.19. The lowest BCUT2D eigenvalue weighted by atomic mass is 10.0. The van der Waals surface area contributed by atoms with Crippen LogP contribution in [0.5, 0.6) is 0 Å². The third-order valence-corrected chi connectivity index (χ3v) is 3.75. The lowest BCUT2D eigenvalue weighted by molar-refractivity contribution is -0.134. The Kier molecular flexibility index (Phi) is 5.48. The SMILES string of the molecule is CCc1ccccc1CC(=O)C(=O)Nc1ccccc1CC. The van der Waals surface area contributed by atoms with Gasteiger partial charge in [0.25, 0.3) is 5.91 Å². The van der Waals surface area contributed by atoms with E-state index < -0.39 is 11.7 Å². The number of ketones is 1. The minimum absolute atomic E-state index is 0.143. The van der Waals surface area contributed by atoms with Gasteiger partial charge < -0.3 is 5.32 Å². The van der Waals surface area contributed by atoms with Gasteiger partial charge in [-0.25, -0.2) is 0 Å². The average molecular weight is 295 g/mol. The summed E-state index contributed by atoms with van der Waals surface area (Å²) in [4.78, 5) is 24.3. The van der Waals surface area contributed by atoms with E-state index in [0.717, 1.165) is 29.5 Å². The Balaban J connectivity index is 2.08. The van der Waals surface area contributed by atoms with Crippen LogP contribution in [0.25, 0.3) is 0 Å². The summed E-state index contributed by atoms with van der Waals surface area (Å²) in [5.41, 5.74) is 3.77. The maximum absolute atomic E-state index is 12.2. The molecule has 0 aliphatic heterocycles. The molecule has 0 fully saturated rings. The summed E-state index contributed by atoms with van der Waals surface area (Å²) >= 11 is 0. The van der Waals surface area contributed by atoms with Crippen LogP contribution in [-0.4, -0.2) is 11.7 Å². The van der Waals surface area contributed by atoms with Crippen molar-refractivity contribution in [3.8, 4) is 0 Å². The molecule has 2 aromatic carbocycles. The number of rotatable bonds is 6. The van der Waals surface area contributed by atoms with Crippen molar-refractivity contribution in [1.29, 1.82) is 0 Å². The maximum Gasteiger partial charge on any atom is 0.292 e. The summed E-state index contributed by atoms with van der Waals surface area (Å²) in [5, 5.41) is 2.73. The number of aryl methyl sites for hydroxylation is 2. The van der Waals surface area contributed by atoms with Crippen molar-refractivity contribution >= 4 is 17.4 Å². The monoisotopic (exact) mass is 295 g/mol. The number of benzene rings is 2. The number of nitrogens with one attached hydrogen (secondary N) is 1. The van der Waals surface area contributed by atoms with E-state index in [2.05, 4.69) is 5.32 Å². The second-order valence-electron chi connectivity index (χ2n) is 5.19. The van der Waals surface area contributed by atoms with Crippen molar-refractivity contribution in [2.75, 3.05) is 5.32 Å². The summed E-state index contributed by atoms with van der Waals surface area (Å²) in [5.74, 6) is -0.960. The highest BCUT2D eigenvalue weighted by Gasteiger charge is 2.16. The highest BCUT2D eigenvalue weighted by atomic mass is 16.2. The van der Waals surface area contributed by atoms with Gasteiger partial charge in [-0.05, 0) is 35.6 Å². The Bertz CT molecular complexity index is 617. The fraction of sp³-hybridized carbons (Fsp3) is 0.263. The fourth-order valence-electron chi connectivity index (χ4n) is 2.47. The molecule has 1 N–H and O–H groups in total. The number of hydrogen-bond acceptors (Lipinski definition) is 2. The lowest BCUT2D eigenvalue weighted by Crippen LogP contribution is -2.25. The molecule has 114 valence electrons. The molecule has 0 aliphatic carbocycles. The maximum atomic E-state index is 12.2. The first-order valence-electron chi connectivity index (χ1n) is 7.64. The van der Waals surface area contributed by atoms with E-state index in [1.807, 2.05) is 62.4 Å². The van der Waals surface area contributed by atoms with Gasteiger partial charge in [-0.1, -0.05) is 56.3 Å². The van der Waals surface area contributed by atoms with Gasteiger partial charge in [0.05, 0.1) is 0 Å². The van der Waals surface area contributed by atoms with Crippen LogP contribution < -0.4 is 5.32 Å². The molecule has 22 heavy (non-hydrogen) atoms. The molecule has 0 aliphatic rings. The van der Waals surface area contributed by atoms with Gasteiger partial charge in [0.2, 0.25) is 5.78 Å². The summed E-state index contributed by atoms with van der Waals surface area (Å²) in [6.45, 7) is 4.06. The first kappa shape index (κ1) is 16.0. The molecule has 0 aromatic heterocycles. The first-order valence-corrected chi connectivity index (χ1v) is 7.64. The summed E-state index contributed by atoms with van der Waals surface area (Å²) in [7, 11) is 0. The molecule has 0 atom stereocenters. The molecular weight excluding hydrogens is 274 g/mol. The molecule has 0 bridgehead atoms. The van der Waals surface area contributed by atoms with Crippen molar-refractivity contribution in [1.82, 2.24) is 0 Å². The number of hydrogen-bond donors (Lipinski definition) is 1. The summed E-state index contributed by atoms with van der Waals surface area (Å²) in [6, 6.07) is 15.3. The van der Waals surface area contributed by atoms with Crippen molar-refractivity contribution < 1.29 is 9.59 Å². The largest absolute Gasteiger partial charge is 0.319 e. The molecule has 3 heteroatoms. The number of carbonyl (C=O) groups excluding carboxylic acids is 2. The van der Waals surface area contributed by atoms with Crippen LogP contribution in [0.2, 0.25) is 0 Å². The Hall–Kier alpha value is -2.42. The third-order valence-electron chi connectivity index (χ3n) is 3.75. The third kappa shape index (κ3) is 3.82. The standard InChI is InChI=1S/C19H21NO2/c1-3-14-9-5-6-11-16(14)13-18(21)19(22)20-17-12-8-7-10-15(17)4-2/h5-12H,3-4,13H2,1-2H3,(H,20,22). The lowest BCUT2D eigenvalue weighted by Gasteiger charge is -2.10. The Morgan fingerprint density at radius 3 is 2.00 bits per heavy atom. The van der Waals surface area contributed by atoms with Crippen LogP contribution in [0.15, 0.2) is 48.5 Å². The molecular formula is C19H21NO2. The number of para-hydroxylation sites is 1. The van der Waals surface area contributed by atoms with Crippen LogP contribution >= 0.6 is 0 Å². The fourth-order valence-corrected chi connectivity index (χ4v) is 2.47. The normalized spacial score (nSPS) is 10.3. The van der Waals surface area contributed by atoms with E-state index >= 15 is 0 Å². The van der Waals surface area contributed by atoms with Gasteiger partial charge in [0.15, 0.2) is 0 Å². The first-order chi connectivity index (χ1) is 10.7. The predicted octanol–water partition coefficient (Wildman–Crippen LogP) is 3.56. The molecule has 0 heterocycles. The minimum atomic E-state index is -0.549. The van der Waals surface area contributed by atoms with Gasteiger partial charge in [0, 0.05) is 12.1 Å². The van der Waals surface area contributed by atoms with Crippen LogP contribution in [0, 0.1) is 0 Å². The van der Waals surface area contributed by atoms with Crippen molar-refractivity contribution in [3.63, 3.8) is 0 Å². The van der Waals surface area contributed by atoms with E-state index in [-0.39, 0.29) is 6.42 Å². The van der Waals surface area contributed by atoms with E-state index in [1.165, 1.54) is 0 Å². The van der Waals surface area contributed by atoms with Gasteiger partial charge in [-0.2, -0.15) is 0 Å². The summed E-state index contributed by atoms with van der Waals surface area (Å²) < 4.78 is 0. The van der Waals surface area contributed by atoms with Gasteiger partial charge in [-0.3, -0.25) is 9.59 Å². The number of carbonyl (C=O) groups is 2. The molecule has 2 aromatic rings. The Morgan fingerprint density at radius 1 is 0.818 bits per heavy atom. The van der Waals surface area contributed by atoms with E-state index in [4.69, 9.17) is 0 Å². The van der Waals surface area contributed by atoms with Crippen LogP contribution in [0.3, 0.4) is 0 Å². The quantitative estimate of drug-likeness (QED) is 0.828. The smallest absolute Gasteiger partial charge is 0.292 e. The molecule has 3 nitrogen and oxygen atoms in total. The molecule has 0 unspecified atom stereocenters. The average Bonchev–Trinajstić information content (AvgIpc) is 2.55. The number of Topliss-reactive ketones (excluding diaryl/α,β-unsaturated/α-hetero) is 1. The second kappa shape index (κ2) is 7.55. The zero-order valence-corrected chi connectivity index (χ0v) is 13.1. The highest BCUT2D eigenvalue weighted by Crippen LogP contribution is 2.16. The van der Waals surface area contributed by atoms with Gasteiger partial charge in [0.1, 0.15) is 0 Å². The number of amides is 1. The molecule has 0 spiro atoms. The minimum Gasteiger partial charge on any atom is -0.319 e. The van der Waals surface area contributed by atoms with Crippen molar-refractivity contribution in [2.24, 2.45) is 0 Å². The van der Waals surface area contributed by atoms with Crippen LogP contribution in [0.4, 0.5) is 5.69 Å². The van der Waals surface area contributed by atoms with E-state index in [9.17, 15) is 9.59 Å². The van der Waals surface area contributed by atoms with Gasteiger partial charge in [-0.15, -0.1) is 0 Å². The topological polar surface area (TPSA) is 46.2 Å². The molecule has 2 rings (SSSR count). The predicted molar refractivity (Wildman–Crippen MR) is 89.0 cm³/mol. The van der Waals surface area contributed by atoms with Crippen LogP contribution in [0.1, 0.15) is 30.5 Å². The van der Waals surface area contributed by atoms with Crippen molar-refractivity contribution in [3.05, 3.63) is 65.2 Å². The molecule has 0 radical (unpaired) electrons. The molecule has 1 amide bonds. The van der Waals surface area contributed by atoms with Crippen LogP contribution in [-0.2, 0) is 28.9 Å². The van der Waals surface area contributed by atoms with E-state index in [1.54, 1.807) is 0 Å². The molecule has 0 saturated carbocycles. The Labute approximate surface area is 131 Å². The summed E-state index contributed by atoms with van der Waals surface area (Å²) in [6.07, 6.45) is 1.80.